The molecule has 0 saturated heterocycles. The normalized spacial score (nSPS) is 10.3. The third-order valence-corrected chi connectivity index (χ3v) is 3.64. The first-order valence-electron chi connectivity index (χ1n) is 7.68. The predicted molar refractivity (Wildman–Crippen MR) is 92.9 cm³/mol. The average Bonchev–Trinajstić information content (AvgIpc) is 2.62. The standard InChI is InChI=1S/C19H16N2O4/c1-14-5-2-3-6-15(14)13-24-16-8-10-17(11-9-16)25-19-18(21(22)23)7-4-12-20-19/h2-12H,13H2,1H3. The number of pyridine rings is 1. The Labute approximate surface area is 144 Å². The van der Waals surface area contributed by atoms with Crippen LogP contribution in [0, 0.1) is 17.0 Å². The Kier molecular flexibility index (Phi) is 4.89. The second-order valence-electron chi connectivity index (χ2n) is 5.37. The maximum atomic E-state index is 11.0. The van der Waals surface area contributed by atoms with Crippen molar-refractivity contribution in [3.05, 3.63) is 88.1 Å². The van der Waals surface area contributed by atoms with Crippen molar-refractivity contribution in [2.75, 3.05) is 0 Å². The predicted octanol–water partition coefficient (Wildman–Crippen LogP) is 4.67. The molecule has 1 aromatic heterocycles. The van der Waals surface area contributed by atoms with Gasteiger partial charge in [-0.1, -0.05) is 24.3 Å². The van der Waals surface area contributed by atoms with Crippen LogP contribution in [-0.2, 0) is 6.61 Å². The highest BCUT2D eigenvalue weighted by Crippen LogP contribution is 2.29. The third kappa shape index (κ3) is 4.11. The van der Waals surface area contributed by atoms with Gasteiger partial charge >= 0.3 is 5.69 Å². The number of rotatable bonds is 6. The molecule has 0 bridgehead atoms. The van der Waals surface area contributed by atoms with Crippen molar-refractivity contribution < 1.29 is 14.4 Å². The SMILES string of the molecule is Cc1ccccc1COc1ccc(Oc2ncccc2[N+](=O)[O-])cc1. The van der Waals surface area contributed by atoms with E-state index < -0.39 is 4.92 Å². The summed E-state index contributed by atoms with van der Waals surface area (Å²) in [6.45, 7) is 2.51. The number of nitrogens with zero attached hydrogens (tertiary/aromatic N) is 2. The molecule has 0 aliphatic heterocycles. The van der Waals surface area contributed by atoms with E-state index in [9.17, 15) is 10.1 Å². The van der Waals surface area contributed by atoms with E-state index in [2.05, 4.69) is 4.98 Å². The molecule has 6 heteroatoms. The molecule has 0 spiro atoms. The van der Waals surface area contributed by atoms with Crippen LogP contribution in [0.2, 0.25) is 0 Å². The molecule has 0 atom stereocenters. The summed E-state index contributed by atoms with van der Waals surface area (Å²) in [5.74, 6) is 1.09. The highest BCUT2D eigenvalue weighted by molar-refractivity contribution is 5.43. The lowest BCUT2D eigenvalue weighted by molar-refractivity contribution is -0.386. The second kappa shape index (κ2) is 7.44. The van der Waals surface area contributed by atoms with E-state index in [-0.39, 0.29) is 11.6 Å². The maximum Gasteiger partial charge on any atom is 0.331 e. The molecule has 0 amide bonds. The highest BCUT2D eigenvalue weighted by atomic mass is 16.6. The van der Waals surface area contributed by atoms with Gasteiger partial charge in [-0.2, -0.15) is 0 Å². The minimum absolute atomic E-state index is 0.0407. The molecule has 3 aromatic rings. The van der Waals surface area contributed by atoms with Gasteiger partial charge in [0, 0.05) is 12.3 Å². The Morgan fingerprint density at radius 3 is 2.44 bits per heavy atom. The van der Waals surface area contributed by atoms with Crippen molar-refractivity contribution in [1.29, 1.82) is 0 Å². The van der Waals surface area contributed by atoms with Crippen LogP contribution in [0.3, 0.4) is 0 Å². The number of aromatic nitrogens is 1. The lowest BCUT2D eigenvalue weighted by atomic mass is 10.1. The molecule has 1 heterocycles. The Hall–Kier alpha value is -3.41. The molecule has 2 aromatic carbocycles. The van der Waals surface area contributed by atoms with Crippen LogP contribution in [0.1, 0.15) is 11.1 Å². The number of aryl methyl sites for hydroxylation is 1. The summed E-state index contributed by atoms with van der Waals surface area (Å²) < 4.78 is 11.3. The van der Waals surface area contributed by atoms with Crippen LogP contribution in [-0.4, -0.2) is 9.91 Å². The van der Waals surface area contributed by atoms with Gasteiger partial charge in [0.05, 0.1) is 4.92 Å². The summed E-state index contributed by atoms with van der Waals surface area (Å²) in [5.41, 5.74) is 2.11. The van der Waals surface area contributed by atoms with Gasteiger partial charge in [-0.3, -0.25) is 10.1 Å². The van der Waals surface area contributed by atoms with Crippen LogP contribution in [0.4, 0.5) is 5.69 Å². The fourth-order valence-electron chi connectivity index (χ4n) is 2.25. The number of hydrogen-bond donors (Lipinski definition) is 0. The van der Waals surface area contributed by atoms with Crippen molar-refractivity contribution in [3.63, 3.8) is 0 Å². The first-order valence-corrected chi connectivity index (χ1v) is 7.68. The van der Waals surface area contributed by atoms with Crippen molar-refractivity contribution in [3.8, 4) is 17.4 Å². The molecule has 3 rings (SSSR count). The topological polar surface area (TPSA) is 74.5 Å². The van der Waals surface area contributed by atoms with Crippen LogP contribution in [0.25, 0.3) is 0 Å². The van der Waals surface area contributed by atoms with Gasteiger partial charge in [0.2, 0.25) is 0 Å². The maximum absolute atomic E-state index is 11.0. The third-order valence-electron chi connectivity index (χ3n) is 3.64. The molecular weight excluding hydrogens is 320 g/mol. The minimum atomic E-state index is -0.526. The van der Waals surface area contributed by atoms with Gasteiger partial charge in [-0.15, -0.1) is 0 Å². The van der Waals surface area contributed by atoms with Crippen molar-refractivity contribution in [2.45, 2.75) is 13.5 Å². The van der Waals surface area contributed by atoms with E-state index in [1.165, 1.54) is 23.9 Å². The average molecular weight is 336 g/mol. The zero-order chi connectivity index (χ0) is 17.6. The Balaban J connectivity index is 1.67. The van der Waals surface area contributed by atoms with Gasteiger partial charge in [0.1, 0.15) is 18.1 Å². The van der Waals surface area contributed by atoms with E-state index in [1.54, 1.807) is 24.3 Å². The second-order valence-corrected chi connectivity index (χ2v) is 5.37. The van der Waals surface area contributed by atoms with E-state index in [0.29, 0.717) is 18.1 Å². The molecule has 6 nitrogen and oxygen atoms in total. The Bertz CT molecular complexity index is 879. The van der Waals surface area contributed by atoms with Crippen LogP contribution in [0.15, 0.2) is 66.9 Å². The molecule has 0 fully saturated rings. The number of hydrogen-bond acceptors (Lipinski definition) is 5. The van der Waals surface area contributed by atoms with Crippen LogP contribution < -0.4 is 9.47 Å². The quantitative estimate of drug-likeness (QED) is 0.483. The molecule has 0 radical (unpaired) electrons. The fourth-order valence-corrected chi connectivity index (χ4v) is 2.25. The fraction of sp³-hybridized carbons (Fsp3) is 0.105. The molecule has 0 N–H and O–H groups in total. The first-order chi connectivity index (χ1) is 12.1. The zero-order valence-electron chi connectivity index (χ0n) is 13.6. The van der Waals surface area contributed by atoms with Crippen molar-refractivity contribution in [2.24, 2.45) is 0 Å². The first kappa shape index (κ1) is 16.4. The Morgan fingerprint density at radius 1 is 1.00 bits per heavy atom. The molecule has 25 heavy (non-hydrogen) atoms. The minimum Gasteiger partial charge on any atom is -0.489 e. The summed E-state index contributed by atoms with van der Waals surface area (Å²) in [6, 6.07) is 17.7. The van der Waals surface area contributed by atoms with E-state index in [4.69, 9.17) is 9.47 Å². The summed E-state index contributed by atoms with van der Waals surface area (Å²) >= 11 is 0. The summed E-state index contributed by atoms with van der Waals surface area (Å²) in [5, 5.41) is 11.0. The highest BCUT2D eigenvalue weighted by Gasteiger charge is 2.16. The zero-order valence-corrected chi connectivity index (χ0v) is 13.6. The number of ether oxygens (including phenoxy) is 2. The van der Waals surface area contributed by atoms with Crippen molar-refractivity contribution in [1.82, 2.24) is 4.98 Å². The summed E-state index contributed by atoms with van der Waals surface area (Å²) in [4.78, 5) is 14.4. The van der Waals surface area contributed by atoms with Gasteiger partial charge in [-0.25, -0.2) is 4.98 Å². The van der Waals surface area contributed by atoms with Gasteiger partial charge in [0.25, 0.3) is 5.88 Å². The van der Waals surface area contributed by atoms with Crippen LogP contribution >= 0.6 is 0 Å². The monoisotopic (exact) mass is 336 g/mol. The van der Waals surface area contributed by atoms with Crippen molar-refractivity contribution >= 4 is 5.69 Å². The molecule has 126 valence electrons. The summed E-state index contributed by atoms with van der Waals surface area (Å²) in [6.07, 6.45) is 1.45. The van der Waals surface area contributed by atoms with E-state index >= 15 is 0 Å². The lowest BCUT2D eigenvalue weighted by Gasteiger charge is -2.09. The van der Waals surface area contributed by atoms with E-state index in [0.717, 1.165) is 5.56 Å². The Morgan fingerprint density at radius 2 is 1.72 bits per heavy atom. The molecule has 0 aliphatic carbocycles. The number of benzene rings is 2. The van der Waals surface area contributed by atoms with Crippen LogP contribution in [0.5, 0.6) is 17.4 Å². The molecule has 0 saturated carbocycles. The van der Waals surface area contributed by atoms with E-state index in [1.807, 2.05) is 31.2 Å². The molecule has 0 unspecified atom stereocenters. The smallest absolute Gasteiger partial charge is 0.331 e. The van der Waals surface area contributed by atoms with Gasteiger partial charge in [-0.05, 0) is 48.4 Å². The molecular formula is C19H16N2O4. The summed E-state index contributed by atoms with van der Waals surface area (Å²) in [7, 11) is 0. The largest absolute Gasteiger partial charge is 0.489 e. The number of nitro groups is 1. The lowest BCUT2D eigenvalue weighted by Crippen LogP contribution is -1.98. The molecule has 0 aliphatic rings. The van der Waals surface area contributed by atoms with Gasteiger partial charge in [0.15, 0.2) is 0 Å². The van der Waals surface area contributed by atoms with Gasteiger partial charge < -0.3 is 9.47 Å².